The van der Waals surface area contributed by atoms with Crippen LogP contribution >= 0.6 is 0 Å². The minimum Gasteiger partial charge on any atom is -0.310 e. The summed E-state index contributed by atoms with van der Waals surface area (Å²) < 4.78 is 58.2. The first kappa shape index (κ1) is 28.5. The van der Waals surface area contributed by atoms with E-state index in [9.17, 15) is 6.85 Å². The standard InChI is InChI=1S/C59H38N2/c1-3-15-39(16-4-1)40-29-31-43(32-30-40)60(44-34-36-57-51(37-44)49-23-9-12-28-56(49)61(57)42-19-5-2-6-20-42)45-33-35-48-46-21-7-10-25-52(46)59(55(48)38-45)53-26-11-8-22-47(53)50-24-13-17-41-18-14-27-54(59)58(41)50/h1-38H/i13D,14D,17D,18D,24D,27D. The van der Waals surface area contributed by atoms with Gasteiger partial charge in [-0.2, -0.15) is 0 Å². The predicted molar refractivity (Wildman–Crippen MR) is 255 cm³/mol. The van der Waals surface area contributed by atoms with Crippen molar-refractivity contribution in [2.24, 2.45) is 0 Å². The van der Waals surface area contributed by atoms with Gasteiger partial charge in [0.05, 0.1) is 24.7 Å². The summed E-state index contributed by atoms with van der Waals surface area (Å²) >= 11 is 0. The third-order valence-electron chi connectivity index (χ3n) is 12.9. The van der Waals surface area contributed by atoms with Crippen molar-refractivity contribution in [1.29, 1.82) is 0 Å². The predicted octanol–water partition coefficient (Wildman–Crippen LogP) is 15.4. The number of aromatic nitrogens is 1. The number of benzene rings is 10. The molecule has 0 radical (unpaired) electrons. The van der Waals surface area contributed by atoms with Crippen LogP contribution in [0.15, 0.2) is 230 Å². The summed E-state index contributed by atoms with van der Waals surface area (Å²) in [6, 6.07) is 66.0. The number of anilines is 3. The SMILES string of the molecule is [2H]c1c([2H])c2c3c(c([2H])c([2H])c([2H])c3c1[2H])C1(c3ccccc3-c3ccc(N(c4ccc(-c5ccccc5)cc4)c4ccc5c(c4)c4ccccc4n5-c4ccccc4)cc31)c1ccccc1-2. The van der Waals surface area contributed by atoms with Crippen molar-refractivity contribution < 1.29 is 8.22 Å². The van der Waals surface area contributed by atoms with Gasteiger partial charge in [-0.15, -0.1) is 0 Å². The van der Waals surface area contributed by atoms with Crippen LogP contribution in [-0.4, -0.2) is 4.57 Å². The lowest BCUT2D eigenvalue weighted by Gasteiger charge is -2.40. The van der Waals surface area contributed by atoms with E-state index in [0.717, 1.165) is 89.1 Å². The first-order valence-electron chi connectivity index (χ1n) is 23.7. The van der Waals surface area contributed by atoms with Gasteiger partial charge in [0.1, 0.15) is 0 Å². The summed E-state index contributed by atoms with van der Waals surface area (Å²) in [4.78, 5) is 2.29. The number of hydrogen-bond donors (Lipinski definition) is 0. The van der Waals surface area contributed by atoms with Crippen molar-refractivity contribution in [2.75, 3.05) is 4.90 Å². The van der Waals surface area contributed by atoms with Gasteiger partial charge in [-0.3, -0.25) is 0 Å². The molecule has 61 heavy (non-hydrogen) atoms. The maximum absolute atomic E-state index is 9.87. The Bertz CT molecular complexity index is 3870. The molecule has 0 saturated heterocycles. The van der Waals surface area contributed by atoms with Crippen molar-refractivity contribution in [1.82, 2.24) is 4.57 Å². The molecule has 0 amide bonds. The summed E-state index contributed by atoms with van der Waals surface area (Å²) in [6.45, 7) is 0. The van der Waals surface area contributed by atoms with Crippen molar-refractivity contribution >= 4 is 49.6 Å². The van der Waals surface area contributed by atoms with E-state index in [1.165, 1.54) is 0 Å². The molecular weight excluding hydrogens is 737 g/mol. The molecule has 1 atom stereocenters. The van der Waals surface area contributed by atoms with Gasteiger partial charge in [-0.1, -0.05) is 170 Å². The van der Waals surface area contributed by atoms with Gasteiger partial charge in [-0.25, -0.2) is 0 Å². The van der Waals surface area contributed by atoms with Crippen LogP contribution in [0, 0.1) is 0 Å². The zero-order chi connectivity index (χ0) is 45.3. The minimum absolute atomic E-state index is 0.119. The number of nitrogens with zero attached hydrogens (tertiary/aromatic N) is 2. The fourth-order valence-corrected chi connectivity index (χ4v) is 10.4. The van der Waals surface area contributed by atoms with Crippen molar-refractivity contribution in [3.05, 3.63) is 253 Å². The summed E-state index contributed by atoms with van der Waals surface area (Å²) in [5, 5.41) is 2.80. The van der Waals surface area contributed by atoms with E-state index in [1.54, 1.807) is 0 Å². The Hall–Kier alpha value is -7.94. The molecule has 0 N–H and O–H groups in total. The van der Waals surface area contributed by atoms with Gasteiger partial charge in [0.15, 0.2) is 0 Å². The average Bonchev–Trinajstić information content (AvgIpc) is 3.86. The molecule has 10 aromatic carbocycles. The second kappa shape index (κ2) is 13.0. The molecule has 0 saturated carbocycles. The highest BCUT2D eigenvalue weighted by Gasteiger charge is 2.50. The van der Waals surface area contributed by atoms with Gasteiger partial charge in [0.2, 0.25) is 0 Å². The van der Waals surface area contributed by atoms with Gasteiger partial charge in [-0.05, 0) is 127 Å². The van der Waals surface area contributed by atoms with Gasteiger partial charge < -0.3 is 9.47 Å². The van der Waals surface area contributed by atoms with Crippen LogP contribution in [0.1, 0.15) is 30.5 Å². The van der Waals surface area contributed by atoms with Crippen molar-refractivity contribution in [3.63, 3.8) is 0 Å². The Morgan fingerprint density at radius 2 is 0.967 bits per heavy atom. The Morgan fingerprint density at radius 1 is 0.393 bits per heavy atom. The lowest BCUT2D eigenvalue weighted by molar-refractivity contribution is 0.773. The van der Waals surface area contributed by atoms with Crippen LogP contribution in [0.5, 0.6) is 0 Å². The third-order valence-corrected chi connectivity index (χ3v) is 12.9. The molecule has 1 heterocycles. The van der Waals surface area contributed by atoms with E-state index in [1.807, 2.05) is 42.5 Å². The fraction of sp³-hybridized carbons (Fsp3) is 0.0169. The quantitative estimate of drug-likeness (QED) is 0.169. The van der Waals surface area contributed by atoms with E-state index in [-0.39, 0.29) is 41.6 Å². The second-order valence-corrected chi connectivity index (χ2v) is 16.0. The van der Waals surface area contributed by atoms with Gasteiger partial charge in [0.25, 0.3) is 0 Å². The van der Waals surface area contributed by atoms with Gasteiger partial charge >= 0.3 is 0 Å². The van der Waals surface area contributed by atoms with Crippen LogP contribution in [0.3, 0.4) is 0 Å². The zero-order valence-corrected chi connectivity index (χ0v) is 32.9. The van der Waals surface area contributed by atoms with Gasteiger partial charge in [0, 0.05) is 33.5 Å². The highest BCUT2D eigenvalue weighted by molar-refractivity contribution is 6.11. The molecule has 2 nitrogen and oxygen atoms in total. The minimum atomic E-state index is -1.18. The Kier molecular flexibility index (Phi) is 6.08. The highest BCUT2D eigenvalue weighted by atomic mass is 15.1. The topological polar surface area (TPSA) is 8.17 Å². The lowest BCUT2D eigenvalue weighted by Crippen LogP contribution is -2.32. The molecule has 13 rings (SSSR count). The first-order valence-corrected chi connectivity index (χ1v) is 20.7. The van der Waals surface area contributed by atoms with E-state index in [4.69, 9.17) is 1.37 Å². The molecule has 11 aromatic rings. The van der Waals surface area contributed by atoms with Crippen LogP contribution in [0.4, 0.5) is 17.1 Å². The summed E-state index contributed by atoms with van der Waals surface area (Å²) in [5.41, 5.74) is 13.3. The van der Waals surface area contributed by atoms with E-state index in [2.05, 4.69) is 161 Å². The fourth-order valence-electron chi connectivity index (χ4n) is 10.4. The van der Waals surface area contributed by atoms with Crippen LogP contribution in [0.2, 0.25) is 0 Å². The molecule has 0 fully saturated rings. The van der Waals surface area contributed by atoms with Crippen LogP contribution < -0.4 is 4.90 Å². The molecule has 2 aliphatic carbocycles. The summed E-state index contributed by atoms with van der Waals surface area (Å²) in [7, 11) is 0. The molecule has 2 aliphatic rings. The normalized spacial score (nSPS) is 16.0. The molecule has 0 aliphatic heterocycles. The number of fused-ring (bicyclic) bond motifs is 12. The number of rotatable bonds is 5. The molecular formula is C59H38N2. The number of hydrogen-bond acceptors (Lipinski definition) is 1. The lowest BCUT2D eigenvalue weighted by atomic mass is 9.61. The van der Waals surface area contributed by atoms with E-state index in [0.29, 0.717) is 16.5 Å². The first-order chi connectivity index (χ1) is 32.8. The van der Waals surface area contributed by atoms with Crippen molar-refractivity contribution in [3.8, 4) is 39.1 Å². The summed E-state index contributed by atoms with van der Waals surface area (Å²) in [6.07, 6.45) is 0. The number of para-hydroxylation sites is 2. The zero-order valence-electron chi connectivity index (χ0n) is 38.9. The van der Waals surface area contributed by atoms with E-state index >= 15 is 0 Å². The van der Waals surface area contributed by atoms with Crippen LogP contribution in [-0.2, 0) is 5.41 Å². The molecule has 1 aromatic heterocycles. The highest BCUT2D eigenvalue weighted by Crippen LogP contribution is 2.62. The molecule has 1 spiro atoms. The Labute approximate surface area is 363 Å². The van der Waals surface area contributed by atoms with E-state index < -0.39 is 5.41 Å². The maximum atomic E-state index is 9.87. The molecule has 1 unspecified atom stereocenters. The molecule has 2 heteroatoms. The third kappa shape index (κ3) is 4.79. The summed E-state index contributed by atoms with van der Waals surface area (Å²) in [5.74, 6) is 0. The second-order valence-electron chi connectivity index (χ2n) is 16.0. The van der Waals surface area contributed by atoms with Crippen molar-refractivity contribution in [2.45, 2.75) is 5.41 Å². The smallest absolute Gasteiger partial charge is 0.0726 e. The maximum Gasteiger partial charge on any atom is 0.0726 e. The Balaban J connectivity index is 1.12. The molecule has 284 valence electrons. The molecule has 0 bridgehead atoms. The Morgan fingerprint density at radius 3 is 1.75 bits per heavy atom. The monoisotopic (exact) mass is 780 g/mol. The average molecular weight is 781 g/mol. The van der Waals surface area contributed by atoms with Crippen LogP contribution in [0.25, 0.3) is 71.6 Å². The largest absolute Gasteiger partial charge is 0.310 e.